The standard InChI is InChI=1S/C28H43NO10/c1-6-8-10-14-34-27(32)38-23-13-12-21(17-24(23)39-28(33)35-15-11-9-7-2)16-22(29)26(31)37-20(5)18-36-25(30)19(3)4/h12-13,17,19-20,22H,6-11,14-16,18,29H2,1-5H3/t20-,22-/m0/s1. The van der Waals surface area contributed by atoms with Crippen molar-refractivity contribution in [2.45, 2.75) is 91.7 Å². The van der Waals surface area contributed by atoms with Crippen molar-refractivity contribution < 1.29 is 47.6 Å². The Balaban J connectivity index is 2.85. The Kier molecular flexibility index (Phi) is 16.3. The monoisotopic (exact) mass is 553 g/mol. The van der Waals surface area contributed by atoms with Crippen molar-refractivity contribution in [3.05, 3.63) is 23.8 Å². The third kappa shape index (κ3) is 14.4. The summed E-state index contributed by atoms with van der Waals surface area (Å²) in [5.74, 6) is -1.53. The number of hydrogen-bond donors (Lipinski definition) is 1. The summed E-state index contributed by atoms with van der Waals surface area (Å²) in [6.07, 6.45) is 2.56. The predicted molar refractivity (Wildman–Crippen MR) is 142 cm³/mol. The first kappa shape index (κ1) is 33.7. The normalized spacial score (nSPS) is 12.3. The first-order valence-corrected chi connectivity index (χ1v) is 13.5. The number of ether oxygens (including phenoxy) is 6. The molecule has 0 saturated heterocycles. The molecule has 1 aromatic rings. The summed E-state index contributed by atoms with van der Waals surface area (Å²) >= 11 is 0. The van der Waals surface area contributed by atoms with Crippen LogP contribution in [0.1, 0.15) is 78.7 Å². The average Bonchev–Trinajstić information content (AvgIpc) is 2.89. The van der Waals surface area contributed by atoms with Crippen LogP contribution in [0, 0.1) is 5.92 Å². The molecule has 0 amide bonds. The SMILES string of the molecule is CCCCCOC(=O)Oc1ccc(C[C@H](N)C(=O)O[C@@H](C)COC(=O)C(C)C)cc1OC(=O)OCCCCC. The Morgan fingerprint density at radius 3 is 1.87 bits per heavy atom. The molecule has 11 nitrogen and oxygen atoms in total. The molecule has 0 aliphatic heterocycles. The van der Waals surface area contributed by atoms with E-state index in [2.05, 4.69) is 0 Å². The van der Waals surface area contributed by atoms with Gasteiger partial charge in [-0.1, -0.05) is 59.4 Å². The minimum Gasteiger partial charge on any atom is -0.462 e. The molecule has 0 heterocycles. The lowest BCUT2D eigenvalue weighted by Crippen LogP contribution is -2.37. The van der Waals surface area contributed by atoms with E-state index >= 15 is 0 Å². The van der Waals surface area contributed by atoms with Gasteiger partial charge in [0.05, 0.1) is 19.1 Å². The highest BCUT2D eigenvalue weighted by Gasteiger charge is 2.22. The fourth-order valence-corrected chi connectivity index (χ4v) is 3.12. The van der Waals surface area contributed by atoms with E-state index in [1.807, 2.05) is 13.8 Å². The zero-order chi connectivity index (χ0) is 29.2. The molecule has 1 rings (SSSR count). The molecule has 1 aromatic carbocycles. The van der Waals surface area contributed by atoms with E-state index in [1.54, 1.807) is 26.8 Å². The van der Waals surface area contributed by atoms with E-state index in [1.165, 1.54) is 12.1 Å². The lowest BCUT2D eigenvalue weighted by molar-refractivity contribution is -0.160. The molecular formula is C28H43NO10. The maximum Gasteiger partial charge on any atom is 0.513 e. The van der Waals surface area contributed by atoms with E-state index in [-0.39, 0.29) is 43.7 Å². The summed E-state index contributed by atoms with van der Waals surface area (Å²) < 4.78 is 31.0. The van der Waals surface area contributed by atoms with Gasteiger partial charge in [0.25, 0.3) is 0 Å². The van der Waals surface area contributed by atoms with Gasteiger partial charge in [0.15, 0.2) is 11.5 Å². The molecule has 0 saturated carbocycles. The molecule has 39 heavy (non-hydrogen) atoms. The molecule has 11 heteroatoms. The molecule has 0 aromatic heterocycles. The second-order valence-electron chi connectivity index (χ2n) is 9.44. The minimum absolute atomic E-state index is 0.0288. The Labute approximate surface area is 230 Å². The third-order valence-electron chi connectivity index (χ3n) is 5.34. The van der Waals surface area contributed by atoms with Crippen LogP contribution in [0.5, 0.6) is 11.5 Å². The van der Waals surface area contributed by atoms with Gasteiger partial charge in [0.2, 0.25) is 0 Å². The Morgan fingerprint density at radius 2 is 1.33 bits per heavy atom. The molecule has 0 aliphatic carbocycles. The lowest BCUT2D eigenvalue weighted by atomic mass is 10.1. The van der Waals surface area contributed by atoms with Gasteiger partial charge in [-0.05, 0) is 43.9 Å². The molecule has 0 spiro atoms. The van der Waals surface area contributed by atoms with Crippen molar-refractivity contribution in [3.63, 3.8) is 0 Å². The Morgan fingerprint density at radius 1 is 0.769 bits per heavy atom. The summed E-state index contributed by atoms with van der Waals surface area (Å²) in [6, 6.07) is 3.35. The van der Waals surface area contributed by atoms with E-state index in [0.717, 1.165) is 25.7 Å². The van der Waals surface area contributed by atoms with Crippen LogP contribution in [-0.2, 0) is 35.0 Å². The summed E-state index contributed by atoms with van der Waals surface area (Å²) in [7, 11) is 0. The molecule has 2 atom stereocenters. The zero-order valence-corrected chi connectivity index (χ0v) is 23.7. The van der Waals surface area contributed by atoms with Gasteiger partial charge in [-0.3, -0.25) is 9.59 Å². The van der Waals surface area contributed by atoms with Crippen LogP contribution in [0.2, 0.25) is 0 Å². The predicted octanol–water partition coefficient (Wildman–Crippen LogP) is 5.10. The number of esters is 2. The number of hydrogen-bond acceptors (Lipinski definition) is 11. The van der Waals surface area contributed by atoms with E-state index in [0.29, 0.717) is 18.4 Å². The second kappa shape index (κ2) is 18.8. The van der Waals surface area contributed by atoms with Crippen molar-refractivity contribution in [2.75, 3.05) is 19.8 Å². The number of rotatable bonds is 17. The highest BCUT2D eigenvalue weighted by Crippen LogP contribution is 2.30. The van der Waals surface area contributed by atoms with Gasteiger partial charge in [0, 0.05) is 0 Å². The van der Waals surface area contributed by atoms with Crippen molar-refractivity contribution in [1.82, 2.24) is 0 Å². The van der Waals surface area contributed by atoms with E-state index in [4.69, 9.17) is 34.2 Å². The van der Waals surface area contributed by atoms with Crippen LogP contribution in [0.25, 0.3) is 0 Å². The van der Waals surface area contributed by atoms with Gasteiger partial charge in [0.1, 0.15) is 18.8 Å². The Bertz CT molecular complexity index is 918. The third-order valence-corrected chi connectivity index (χ3v) is 5.34. The fourth-order valence-electron chi connectivity index (χ4n) is 3.12. The second-order valence-corrected chi connectivity index (χ2v) is 9.44. The van der Waals surface area contributed by atoms with Crippen LogP contribution in [-0.4, -0.2) is 56.2 Å². The minimum atomic E-state index is -1.06. The largest absolute Gasteiger partial charge is 0.513 e. The average molecular weight is 554 g/mol. The molecular weight excluding hydrogens is 510 g/mol. The molecule has 0 unspecified atom stereocenters. The fraction of sp³-hybridized carbons (Fsp3) is 0.643. The number of carbonyl (C=O) groups excluding carboxylic acids is 4. The van der Waals surface area contributed by atoms with Crippen LogP contribution < -0.4 is 15.2 Å². The number of carbonyl (C=O) groups is 4. The number of benzene rings is 1. The van der Waals surface area contributed by atoms with Gasteiger partial charge in [-0.25, -0.2) is 9.59 Å². The molecule has 0 aliphatic rings. The summed E-state index contributed by atoms with van der Waals surface area (Å²) in [4.78, 5) is 48.4. The first-order chi connectivity index (χ1) is 18.6. The maximum atomic E-state index is 12.5. The quantitative estimate of drug-likeness (QED) is 0.119. The summed E-state index contributed by atoms with van der Waals surface area (Å²) in [5.41, 5.74) is 6.54. The summed E-state index contributed by atoms with van der Waals surface area (Å²) in [6.45, 7) is 9.34. The van der Waals surface area contributed by atoms with Gasteiger partial charge in [-0.15, -0.1) is 0 Å². The molecule has 2 N–H and O–H groups in total. The molecule has 0 radical (unpaired) electrons. The van der Waals surface area contributed by atoms with Crippen LogP contribution in [0.15, 0.2) is 18.2 Å². The highest BCUT2D eigenvalue weighted by atomic mass is 16.7. The number of nitrogens with two attached hydrogens (primary N) is 1. The topological polar surface area (TPSA) is 150 Å². The van der Waals surface area contributed by atoms with Gasteiger partial charge < -0.3 is 34.2 Å². The van der Waals surface area contributed by atoms with Crippen LogP contribution in [0.3, 0.4) is 0 Å². The van der Waals surface area contributed by atoms with Crippen molar-refractivity contribution >= 4 is 24.2 Å². The Hall–Kier alpha value is -3.34. The zero-order valence-electron chi connectivity index (χ0n) is 23.7. The van der Waals surface area contributed by atoms with Gasteiger partial charge in [-0.2, -0.15) is 0 Å². The van der Waals surface area contributed by atoms with Crippen molar-refractivity contribution in [3.8, 4) is 11.5 Å². The van der Waals surface area contributed by atoms with E-state index < -0.39 is 36.4 Å². The first-order valence-electron chi connectivity index (χ1n) is 13.5. The van der Waals surface area contributed by atoms with Crippen LogP contribution >= 0.6 is 0 Å². The highest BCUT2D eigenvalue weighted by molar-refractivity contribution is 5.76. The van der Waals surface area contributed by atoms with Crippen LogP contribution in [0.4, 0.5) is 9.59 Å². The summed E-state index contributed by atoms with van der Waals surface area (Å²) in [5, 5.41) is 0. The maximum absolute atomic E-state index is 12.5. The van der Waals surface area contributed by atoms with Gasteiger partial charge >= 0.3 is 24.2 Å². The van der Waals surface area contributed by atoms with E-state index in [9.17, 15) is 19.2 Å². The van der Waals surface area contributed by atoms with Crippen molar-refractivity contribution in [1.29, 1.82) is 0 Å². The smallest absolute Gasteiger partial charge is 0.462 e. The molecule has 0 fully saturated rings. The van der Waals surface area contributed by atoms with Crippen molar-refractivity contribution in [2.24, 2.45) is 11.7 Å². The molecule has 220 valence electrons. The molecule has 0 bridgehead atoms. The lowest BCUT2D eigenvalue weighted by Gasteiger charge is -2.18. The number of unbranched alkanes of at least 4 members (excludes halogenated alkanes) is 4.